The monoisotopic (exact) mass is 446 g/mol. The molecular weight excluding hydrogens is 416 g/mol. The van der Waals surface area contributed by atoms with Gasteiger partial charge in [-0.05, 0) is 6.92 Å². The Morgan fingerprint density at radius 2 is 1.27 bits per heavy atom. The lowest BCUT2D eigenvalue weighted by atomic mass is 9.99. The van der Waals surface area contributed by atoms with Crippen molar-refractivity contribution in [1.82, 2.24) is 0 Å². The summed E-state index contributed by atoms with van der Waals surface area (Å²) in [5, 5.41) is 97.4. The van der Waals surface area contributed by atoms with E-state index in [1.165, 1.54) is 6.92 Å². The van der Waals surface area contributed by atoms with E-state index in [9.17, 15) is 51.1 Å². The molecule has 0 aliphatic carbocycles. The number of aliphatic hydroxyl groups is 10. The quantitative estimate of drug-likeness (QED) is 0.156. The van der Waals surface area contributed by atoms with Gasteiger partial charge in [0, 0.05) is 0 Å². The van der Waals surface area contributed by atoms with Crippen LogP contribution in [0.5, 0.6) is 0 Å². The molecule has 0 amide bonds. The first-order valence-corrected chi connectivity index (χ1v) is 9.31. The molecule has 30 heavy (non-hydrogen) atoms. The van der Waals surface area contributed by atoms with Crippen LogP contribution in [-0.2, 0) is 18.9 Å². The molecular formula is C16H30O14. The molecule has 2 heterocycles. The normalized spacial score (nSPS) is 44.8. The number of hydrogen-bond donors (Lipinski definition) is 10. The van der Waals surface area contributed by atoms with Crippen molar-refractivity contribution < 1.29 is 70.0 Å². The van der Waals surface area contributed by atoms with E-state index < -0.39 is 93.1 Å². The summed E-state index contributed by atoms with van der Waals surface area (Å²) in [7, 11) is 0. The lowest BCUT2D eigenvalue weighted by Crippen LogP contribution is -2.62. The number of aliphatic hydroxyl groups excluding tert-OH is 9. The smallest absolute Gasteiger partial charge is 0.187 e. The molecule has 2 aliphatic rings. The second kappa shape index (κ2) is 10.8. The average molecular weight is 446 g/mol. The summed E-state index contributed by atoms with van der Waals surface area (Å²) in [6.07, 6.45) is -21.6. The van der Waals surface area contributed by atoms with E-state index in [1.807, 2.05) is 0 Å². The molecule has 0 saturated carbocycles. The van der Waals surface area contributed by atoms with Crippen molar-refractivity contribution in [3.8, 4) is 0 Å². The lowest BCUT2D eigenvalue weighted by Gasteiger charge is -2.43. The summed E-state index contributed by atoms with van der Waals surface area (Å²) in [5.74, 6) is 0. The highest BCUT2D eigenvalue weighted by atomic mass is 16.7. The minimum atomic E-state index is -2.32. The summed E-state index contributed by atoms with van der Waals surface area (Å²) in [5.41, 5.74) is 0. The van der Waals surface area contributed by atoms with Crippen molar-refractivity contribution >= 4 is 0 Å². The minimum absolute atomic E-state index is 0.739. The van der Waals surface area contributed by atoms with Crippen LogP contribution in [0.4, 0.5) is 0 Å². The zero-order valence-electron chi connectivity index (χ0n) is 16.0. The number of hydrogen-bond acceptors (Lipinski definition) is 14. The van der Waals surface area contributed by atoms with E-state index >= 15 is 0 Å². The Balaban J connectivity index is 2.13. The predicted molar refractivity (Wildman–Crippen MR) is 91.2 cm³/mol. The third kappa shape index (κ3) is 5.43. The van der Waals surface area contributed by atoms with Crippen LogP contribution in [0.1, 0.15) is 6.92 Å². The van der Waals surface area contributed by atoms with Crippen LogP contribution in [0, 0.1) is 0 Å². The predicted octanol–water partition coefficient (Wildman–Crippen LogP) is -6.31. The summed E-state index contributed by atoms with van der Waals surface area (Å²) in [6, 6.07) is 0. The maximum Gasteiger partial charge on any atom is 0.187 e. The van der Waals surface area contributed by atoms with Crippen LogP contribution in [-0.4, -0.2) is 144 Å². The Hall–Kier alpha value is -0.560. The van der Waals surface area contributed by atoms with Crippen LogP contribution in [0.15, 0.2) is 0 Å². The van der Waals surface area contributed by atoms with Gasteiger partial charge in [0.2, 0.25) is 0 Å². The van der Waals surface area contributed by atoms with E-state index in [2.05, 4.69) is 0 Å². The Morgan fingerprint density at radius 3 is 1.77 bits per heavy atom. The molecule has 0 aromatic rings. The molecule has 0 aromatic heterocycles. The fourth-order valence-corrected chi connectivity index (χ4v) is 3.21. The molecule has 14 heteroatoms. The standard InChI is InChI=1S/C16H30O14/c1-4-7(19)9(21)11(23)15(27-4)30-13(14(25)26)6(3-18)29-16-12(24)10(22)8(20)5(2-17)28-16/h4-26H,2-3H2,1H3/t4-,5+,6-,7+,8-,9+,10-,11-,12+,13+,15-,16+/m0/s1. The fourth-order valence-electron chi connectivity index (χ4n) is 3.21. The molecule has 2 rings (SSSR count). The summed E-state index contributed by atoms with van der Waals surface area (Å²) in [6.45, 7) is -0.299. The zero-order chi connectivity index (χ0) is 22.7. The first kappa shape index (κ1) is 25.7. The summed E-state index contributed by atoms with van der Waals surface area (Å²) >= 11 is 0. The van der Waals surface area contributed by atoms with Crippen molar-refractivity contribution in [3.63, 3.8) is 0 Å². The maximum absolute atomic E-state index is 10.0. The molecule has 178 valence electrons. The topological polar surface area (TPSA) is 239 Å². The van der Waals surface area contributed by atoms with Crippen molar-refractivity contribution in [1.29, 1.82) is 0 Å². The van der Waals surface area contributed by atoms with Gasteiger partial charge in [-0.15, -0.1) is 0 Å². The highest BCUT2D eigenvalue weighted by Crippen LogP contribution is 2.27. The van der Waals surface area contributed by atoms with Crippen LogP contribution < -0.4 is 0 Å². The summed E-state index contributed by atoms with van der Waals surface area (Å²) < 4.78 is 20.9. The van der Waals surface area contributed by atoms with Gasteiger partial charge in [-0.25, -0.2) is 0 Å². The molecule has 0 radical (unpaired) electrons. The highest BCUT2D eigenvalue weighted by Gasteiger charge is 2.48. The molecule has 0 unspecified atom stereocenters. The van der Waals surface area contributed by atoms with Gasteiger partial charge in [0.1, 0.15) is 54.9 Å². The Labute approximate surface area is 171 Å². The first-order valence-electron chi connectivity index (χ1n) is 9.31. The fraction of sp³-hybridized carbons (Fsp3) is 1.00. The van der Waals surface area contributed by atoms with E-state index in [0.717, 1.165) is 0 Å². The molecule has 2 saturated heterocycles. The number of rotatable bonds is 8. The van der Waals surface area contributed by atoms with Crippen molar-refractivity contribution in [2.24, 2.45) is 0 Å². The SMILES string of the molecule is C[C@@H]1O[C@@H](O[C@@H](C(O)O)[C@H](CO)O[C@H]2O[C@H](CO)[C@H](O)[C@H](O)[C@H]2O)[C@@H](O)[C@H](O)[C@@H]1O. The van der Waals surface area contributed by atoms with Crippen LogP contribution in [0.25, 0.3) is 0 Å². The Kier molecular flexibility index (Phi) is 9.29. The molecule has 2 fully saturated rings. The van der Waals surface area contributed by atoms with Gasteiger partial charge < -0.3 is 70.0 Å². The Bertz CT molecular complexity index is 520. The first-order chi connectivity index (χ1) is 14.0. The lowest BCUT2D eigenvalue weighted by molar-refractivity contribution is -0.355. The molecule has 10 N–H and O–H groups in total. The molecule has 0 bridgehead atoms. The van der Waals surface area contributed by atoms with E-state index in [1.54, 1.807) is 0 Å². The summed E-state index contributed by atoms with van der Waals surface area (Å²) in [4.78, 5) is 0. The van der Waals surface area contributed by atoms with Crippen LogP contribution in [0.2, 0.25) is 0 Å². The number of ether oxygens (including phenoxy) is 4. The van der Waals surface area contributed by atoms with E-state index in [4.69, 9.17) is 18.9 Å². The van der Waals surface area contributed by atoms with Crippen LogP contribution in [0.3, 0.4) is 0 Å². The molecule has 0 aromatic carbocycles. The zero-order valence-corrected chi connectivity index (χ0v) is 16.0. The van der Waals surface area contributed by atoms with Gasteiger partial charge in [0.05, 0.1) is 19.3 Å². The van der Waals surface area contributed by atoms with Crippen molar-refractivity contribution in [2.45, 2.75) is 86.8 Å². The molecule has 12 atom stereocenters. The van der Waals surface area contributed by atoms with E-state index in [-0.39, 0.29) is 0 Å². The second-order valence-corrected chi connectivity index (χ2v) is 7.25. The third-order valence-corrected chi connectivity index (χ3v) is 5.10. The van der Waals surface area contributed by atoms with Gasteiger partial charge in [-0.2, -0.15) is 0 Å². The largest absolute Gasteiger partial charge is 0.394 e. The van der Waals surface area contributed by atoms with E-state index in [0.29, 0.717) is 0 Å². The van der Waals surface area contributed by atoms with Gasteiger partial charge >= 0.3 is 0 Å². The third-order valence-electron chi connectivity index (χ3n) is 5.10. The van der Waals surface area contributed by atoms with Gasteiger partial charge in [0.25, 0.3) is 0 Å². The highest BCUT2D eigenvalue weighted by molar-refractivity contribution is 4.91. The maximum atomic E-state index is 10.0. The van der Waals surface area contributed by atoms with Gasteiger partial charge in [-0.3, -0.25) is 0 Å². The van der Waals surface area contributed by atoms with Crippen molar-refractivity contribution in [2.75, 3.05) is 13.2 Å². The van der Waals surface area contributed by atoms with Crippen molar-refractivity contribution in [3.05, 3.63) is 0 Å². The van der Waals surface area contributed by atoms with Crippen LogP contribution >= 0.6 is 0 Å². The molecule has 2 aliphatic heterocycles. The molecule has 14 nitrogen and oxygen atoms in total. The van der Waals surface area contributed by atoms with Gasteiger partial charge in [-0.1, -0.05) is 0 Å². The average Bonchev–Trinajstić information content (AvgIpc) is 2.72. The van der Waals surface area contributed by atoms with Gasteiger partial charge in [0.15, 0.2) is 18.9 Å². The molecule has 0 spiro atoms. The Morgan fingerprint density at radius 1 is 0.733 bits per heavy atom. The second-order valence-electron chi connectivity index (χ2n) is 7.25. The minimum Gasteiger partial charge on any atom is -0.394 e.